The molecule has 1 atom stereocenters. The first kappa shape index (κ1) is 16.5. The lowest BCUT2D eigenvalue weighted by Crippen LogP contribution is -2.39. The summed E-state index contributed by atoms with van der Waals surface area (Å²) in [5.41, 5.74) is 8.13. The molecule has 2 N–H and O–H groups in total. The molecule has 1 fully saturated rings. The molecule has 1 aliphatic heterocycles. The van der Waals surface area contributed by atoms with Gasteiger partial charge in [-0.3, -0.25) is 0 Å². The van der Waals surface area contributed by atoms with Gasteiger partial charge in [0.2, 0.25) is 0 Å². The highest BCUT2D eigenvalue weighted by Crippen LogP contribution is 2.29. The summed E-state index contributed by atoms with van der Waals surface area (Å²) in [6, 6.07) is 8.88. The largest absolute Gasteiger partial charge is 0.465 e. The predicted molar refractivity (Wildman–Crippen MR) is 90.1 cm³/mol. The summed E-state index contributed by atoms with van der Waals surface area (Å²) in [7, 11) is 1.36. The maximum Gasteiger partial charge on any atom is 0.337 e. The van der Waals surface area contributed by atoms with E-state index < -0.39 is 0 Å². The van der Waals surface area contributed by atoms with E-state index in [4.69, 9.17) is 26.8 Å². The van der Waals surface area contributed by atoms with Crippen LogP contribution in [0.25, 0.3) is 0 Å². The van der Waals surface area contributed by atoms with Gasteiger partial charge in [0.15, 0.2) is 11.0 Å². The van der Waals surface area contributed by atoms with E-state index in [-0.39, 0.29) is 12.1 Å². The second kappa shape index (κ2) is 7.02. The minimum atomic E-state index is -0.363. The zero-order chi connectivity index (χ0) is 17.1. The molecule has 2 aromatic rings. The number of ether oxygens (including phenoxy) is 2. The Hall–Kier alpha value is -2.38. The number of benzene rings is 1. The molecule has 3 rings (SSSR count). The summed E-state index contributed by atoms with van der Waals surface area (Å²) in [5.74, 6) is -0.0286. The van der Waals surface area contributed by atoms with E-state index in [1.54, 1.807) is 18.2 Å². The molecule has 1 aliphatic rings. The zero-order valence-corrected chi connectivity index (χ0v) is 13.9. The number of nitrogens with zero attached hydrogens (tertiary/aromatic N) is 3. The predicted octanol–water partition coefficient (Wildman–Crippen LogP) is 2.08. The van der Waals surface area contributed by atoms with E-state index in [9.17, 15) is 4.79 Å². The fourth-order valence-electron chi connectivity index (χ4n) is 2.64. The first-order valence-electron chi connectivity index (χ1n) is 7.42. The number of anilines is 2. The third-order valence-electron chi connectivity index (χ3n) is 3.88. The third kappa shape index (κ3) is 3.42. The second-order valence-corrected chi connectivity index (χ2v) is 5.74. The van der Waals surface area contributed by atoms with Crippen molar-refractivity contribution >= 4 is 29.1 Å². The number of aromatic nitrogens is 2. The molecule has 1 aromatic carbocycles. The van der Waals surface area contributed by atoms with Crippen molar-refractivity contribution in [3.05, 3.63) is 46.6 Å². The van der Waals surface area contributed by atoms with Gasteiger partial charge in [-0.1, -0.05) is 23.7 Å². The Morgan fingerprint density at radius 2 is 2.12 bits per heavy atom. The number of halogens is 1. The number of hydrogen-bond acceptors (Lipinski definition) is 7. The number of morpholine rings is 1. The Bertz CT molecular complexity index is 739. The number of carbonyl (C=O) groups is 1. The second-order valence-electron chi connectivity index (χ2n) is 5.36. The van der Waals surface area contributed by atoms with Gasteiger partial charge in [-0.15, -0.1) is 10.2 Å². The molecular formula is C16H17ClN4O3. The van der Waals surface area contributed by atoms with Gasteiger partial charge in [0.25, 0.3) is 0 Å². The number of carbonyl (C=O) groups excluding carboxylic acids is 1. The van der Waals surface area contributed by atoms with Crippen LogP contribution in [0.15, 0.2) is 30.3 Å². The molecule has 8 heteroatoms. The quantitative estimate of drug-likeness (QED) is 0.849. The molecule has 1 aromatic heterocycles. The summed E-state index contributed by atoms with van der Waals surface area (Å²) >= 11 is 5.92. The van der Waals surface area contributed by atoms with E-state index in [1.165, 1.54) is 7.11 Å². The van der Waals surface area contributed by atoms with Gasteiger partial charge in [-0.2, -0.15) is 0 Å². The van der Waals surface area contributed by atoms with Crippen molar-refractivity contribution in [1.29, 1.82) is 0 Å². The minimum absolute atomic E-state index is 0.142. The number of esters is 1. The van der Waals surface area contributed by atoms with Gasteiger partial charge in [-0.25, -0.2) is 4.79 Å². The molecule has 0 saturated carbocycles. The highest BCUT2D eigenvalue weighted by Gasteiger charge is 2.24. The van der Waals surface area contributed by atoms with Crippen molar-refractivity contribution < 1.29 is 14.3 Å². The van der Waals surface area contributed by atoms with Crippen LogP contribution in [0.5, 0.6) is 0 Å². The van der Waals surface area contributed by atoms with Gasteiger partial charge < -0.3 is 20.1 Å². The van der Waals surface area contributed by atoms with Crippen molar-refractivity contribution in [3.8, 4) is 0 Å². The van der Waals surface area contributed by atoms with Crippen molar-refractivity contribution in [2.45, 2.75) is 6.10 Å². The summed E-state index contributed by atoms with van der Waals surface area (Å²) in [6.07, 6.45) is -0.142. The van der Waals surface area contributed by atoms with E-state index in [1.807, 2.05) is 12.1 Å². The summed E-state index contributed by atoms with van der Waals surface area (Å²) < 4.78 is 10.5. The fourth-order valence-corrected chi connectivity index (χ4v) is 2.78. The lowest BCUT2D eigenvalue weighted by atomic mass is 10.1. The van der Waals surface area contributed by atoms with E-state index in [0.29, 0.717) is 36.2 Å². The molecule has 0 bridgehead atoms. The number of hydrogen-bond donors (Lipinski definition) is 1. The van der Waals surface area contributed by atoms with Crippen LogP contribution in [0, 0.1) is 0 Å². The maximum absolute atomic E-state index is 11.5. The number of rotatable bonds is 3. The Balaban J connectivity index is 1.78. The van der Waals surface area contributed by atoms with Crippen LogP contribution in [0.2, 0.25) is 5.15 Å². The maximum atomic E-state index is 11.5. The van der Waals surface area contributed by atoms with E-state index >= 15 is 0 Å². The third-order valence-corrected chi connectivity index (χ3v) is 4.07. The van der Waals surface area contributed by atoms with Crippen molar-refractivity contribution in [1.82, 2.24) is 10.2 Å². The number of methoxy groups -OCH3 is 1. The van der Waals surface area contributed by atoms with Crippen LogP contribution in [0.1, 0.15) is 22.0 Å². The highest BCUT2D eigenvalue weighted by atomic mass is 35.5. The molecular weight excluding hydrogens is 332 g/mol. The van der Waals surface area contributed by atoms with Crippen molar-refractivity contribution in [2.24, 2.45) is 0 Å². The lowest BCUT2D eigenvalue weighted by molar-refractivity contribution is 0.0397. The monoisotopic (exact) mass is 348 g/mol. The molecule has 7 nitrogen and oxygen atoms in total. The molecule has 0 amide bonds. The molecule has 0 spiro atoms. The average molecular weight is 349 g/mol. The Morgan fingerprint density at radius 1 is 1.38 bits per heavy atom. The molecule has 0 radical (unpaired) electrons. The van der Waals surface area contributed by atoms with Gasteiger partial charge in [-0.05, 0) is 17.7 Å². The zero-order valence-electron chi connectivity index (χ0n) is 13.1. The van der Waals surface area contributed by atoms with Crippen molar-refractivity contribution in [2.75, 3.05) is 37.4 Å². The van der Waals surface area contributed by atoms with Gasteiger partial charge >= 0.3 is 5.97 Å². The number of nitrogens with two attached hydrogens (primary N) is 1. The standard InChI is InChI=1S/C16H17ClN4O3/c1-23-16(22)11-4-2-10(3-5-11)13-9-21(6-7-24-13)12-8-14(17)19-20-15(12)18/h2-5,8,13H,6-7,9H2,1H3,(H2,18,20)/t13-/m1/s1. The Morgan fingerprint density at radius 3 is 2.83 bits per heavy atom. The van der Waals surface area contributed by atoms with Crippen LogP contribution in [-0.2, 0) is 9.47 Å². The minimum Gasteiger partial charge on any atom is -0.465 e. The smallest absolute Gasteiger partial charge is 0.337 e. The van der Waals surface area contributed by atoms with Crippen LogP contribution in [-0.4, -0.2) is 43.0 Å². The first-order chi connectivity index (χ1) is 11.6. The Labute approximate surface area is 144 Å². The van der Waals surface area contributed by atoms with Crippen LogP contribution >= 0.6 is 11.6 Å². The molecule has 0 aliphatic carbocycles. The molecule has 2 heterocycles. The first-order valence-corrected chi connectivity index (χ1v) is 7.80. The topological polar surface area (TPSA) is 90.6 Å². The van der Waals surface area contributed by atoms with Gasteiger partial charge in [0, 0.05) is 19.2 Å². The summed E-state index contributed by atoms with van der Waals surface area (Å²) in [5, 5.41) is 7.88. The van der Waals surface area contributed by atoms with Crippen LogP contribution < -0.4 is 10.6 Å². The highest BCUT2D eigenvalue weighted by molar-refractivity contribution is 6.29. The van der Waals surface area contributed by atoms with E-state index in [2.05, 4.69) is 15.1 Å². The van der Waals surface area contributed by atoms with Gasteiger partial charge in [0.05, 0.1) is 25.0 Å². The number of nitrogen functional groups attached to an aromatic ring is 1. The average Bonchev–Trinajstić information content (AvgIpc) is 2.63. The molecule has 0 unspecified atom stereocenters. The lowest BCUT2D eigenvalue weighted by Gasteiger charge is -2.35. The SMILES string of the molecule is COC(=O)c1ccc([C@H]2CN(c3cc(Cl)nnc3N)CCO2)cc1. The molecule has 1 saturated heterocycles. The summed E-state index contributed by atoms with van der Waals surface area (Å²) in [6.45, 7) is 1.83. The molecule has 126 valence electrons. The van der Waals surface area contributed by atoms with E-state index in [0.717, 1.165) is 11.3 Å². The van der Waals surface area contributed by atoms with Crippen LogP contribution in [0.4, 0.5) is 11.5 Å². The van der Waals surface area contributed by atoms with Crippen molar-refractivity contribution in [3.63, 3.8) is 0 Å². The normalized spacial score (nSPS) is 17.6. The van der Waals surface area contributed by atoms with Gasteiger partial charge in [0.1, 0.15) is 6.10 Å². The van der Waals surface area contributed by atoms with Crippen LogP contribution in [0.3, 0.4) is 0 Å². The fraction of sp³-hybridized carbons (Fsp3) is 0.312. The Kier molecular flexibility index (Phi) is 4.82. The summed E-state index contributed by atoms with van der Waals surface area (Å²) in [4.78, 5) is 13.6. The molecule has 24 heavy (non-hydrogen) atoms.